The first-order chi connectivity index (χ1) is 6.77. The van der Waals surface area contributed by atoms with Crippen LogP contribution in [0.5, 0.6) is 0 Å². The van der Waals surface area contributed by atoms with Crippen molar-refractivity contribution in [3.63, 3.8) is 0 Å². The molecule has 1 fully saturated rings. The molecule has 1 aliphatic carbocycles. The van der Waals surface area contributed by atoms with Crippen LogP contribution < -0.4 is 0 Å². The predicted octanol–water partition coefficient (Wildman–Crippen LogP) is 1.76. The minimum Gasteiger partial charge on any atom is -0.383 e. The maximum Gasteiger partial charge on any atom is 0.0589 e. The molecule has 0 atom stereocenters. The summed E-state index contributed by atoms with van der Waals surface area (Å²) in [5.41, 5.74) is 0. The van der Waals surface area contributed by atoms with E-state index in [9.17, 15) is 0 Å². The third kappa shape index (κ3) is 3.32. The molecule has 0 unspecified atom stereocenters. The topological polar surface area (TPSA) is 12.5 Å². The van der Waals surface area contributed by atoms with E-state index in [1.165, 1.54) is 25.7 Å². The molecule has 0 aromatic rings. The molecule has 0 aromatic carbocycles. The molecule has 2 nitrogen and oxygen atoms in total. The van der Waals surface area contributed by atoms with Crippen molar-refractivity contribution in [2.75, 3.05) is 27.3 Å². The molecule has 0 spiro atoms. The molecule has 1 aliphatic rings. The van der Waals surface area contributed by atoms with Gasteiger partial charge in [-0.3, -0.25) is 0 Å². The monoisotopic (exact) mass is 195 g/mol. The van der Waals surface area contributed by atoms with Gasteiger partial charge in [-0.1, -0.05) is 0 Å². The number of methoxy groups -OCH3 is 1. The zero-order chi connectivity index (χ0) is 10.4. The van der Waals surface area contributed by atoms with Gasteiger partial charge in [0.05, 0.1) is 6.61 Å². The van der Waals surface area contributed by atoms with Crippen LogP contribution in [0.15, 0.2) is 0 Å². The van der Waals surface area contributed by atoms with Crippen molar-refractivity contribution in [1.82, 2.24) is 4.90 Å². The Morgan fingerprint density at radius 3 is 2.50 bits per heavy atom. The minimum atomic E-state index is 0.530. The van der Waals surface area contributed by atoms with E-state index in [1.807, 2.05) is 0 Å². The standard InChI is InChI=1S/C12H21NO/c1-4-11-5-7-12(8-6-11)13(2)9-10-14-3/h1,11-12H,5-10H2,2-3H3. The van der Waals surface area contributed by atoms with Gasteiger partial charge in [-0.2, -0.15) is 0 Å². The van der Waals surface area contributed by atoms with Crippen LogP contribution in [-0.2, 0) is 4.74 Å². The van der Waals surface area contributed by atoms with Gasteiger partial charge in [0.25, 0.3) is 0 Å². The molecular weight excluding hydrogens is 174 g/mol. The summed E-state index contributed by atoms with van der Waals surface area (Å²) < 4.78 is 5.07. The highest BCUT2D eigenvalue weighted by Gasteiger charge is 2.22. The van der Waals surface area contributed by atoms with Crippen LogP contribution in [0.1, 0.15) is 25.7 Å². The lowest BCUT2D eigenvalue weighted by Gasteiger charge is -2.33. The molecule has 80 valence electrons. The lowest BCUT2D eigenvalue weighted by molar-refractivity contribution is 0.118. The molecule has 1 rings (SSSR count). The van der Waals surface area contributed by atoms with Crippen LogP contribution >= 0.6 is 0 Å². The third-order valence-corrected chi connectivity index (χ3v) is 3.20. The van der Waals surface area contributed by atoms with Crippen molar-refractivity contribution in [1.29, 1.82) is 0 Å². The van der Waals surface area contributed by atoms with Crippen molar-refractivity contribution in [3.05, 3.63) is 0 Å². The van der Waals surface area contributed by atoms with E-state index < -0.39 is 0 Å². The summed E-state index contributed by atoms with van der Waals surface area (Å²) in [6.45, 7) is 1.85. The van der Waals surface area contributed by atoms with E-state index in [0.717, 1.165) is 19.2 Å². The molecule has 14 heavy (non-hydrogen) atoms. The lowest BCUT2D eigenvalue weighted by atomic mass is 9.86. The maximum absolute atomic E-state index is 5.42. The minimum absolute atomic E-state index is 0.530. The Hall–Kier alpha value is -0.520. The highest BCUT2D eigenvalue weighted by atomic mass is 16.5. The van der Waals surface area contributed by atoms with E-state index in [2.05, 4.69) is 17.9 Å². The second-order valence-electron chi connectivity index (χ2n) is 4.15. The second-order valence-corrected chi connectivity index (χ2v) is 4.15. The quantitative estimate of drug-likeness (QED) is 0.634. The van der Waals surface area contributed by atoms with Crippen LogP contribution in [0.4, 0.5) is 0 Å². The molecule has 0 amide bonds. The molecule has 2 heteroatoms. The van der Waals surface area contributed by atoms with Gasteiger partial charge in [-0.15, -0.1) is 12.3 Å². The molecular formula is C12H21NO. The van der Waals surface area contributed by atoms with Gasteiger partial charge in [0.2, 0.25) is 0 Å². The Labute approximate surface area is 87.6 Å². The predicted molar refractivity (Wildman–Crippen MR) is 59.1 cm³/mol. The number of hydrogen-bond donors (Lipinski definition) is 0. The van der Waals surface area contributed by atoms with Crippen LogP contribution in [0.25, 0.3) is 0 Å². The first kappa shape index (κ1) is 11.6. The summed E-state index contributed by atoms with van der Waals surface area (Å²) in [6, 6.07) is 0.717. The van der Waals surface area contributed by atoms with Crippen LogP contribution in [0.2, 0.25) is 0 Å². The van der Waals surface area contributed by atoms with Crippen molar-refractivity contribution >= 4 is 0 Å². The maximum atomic E-state index is 5.42. The number of hydrogen-bond acceptors (Lipinski definition) is 2. The van der Waals surface area contributed by atoms with Gasteiger partial charge >= 0.3 is 0 Å². The van der Waals surface area contributed by atoms with E-state index in [-0.39, 0.29) is 0 Å². The summed E-state index contributed by atoms with van der Waals surface area (Å²) in [7, 11) is 3.93. The van der Waals surface area contributed by atoms with Gasteiger partial charge < -0.3 is 9.64 Å². The number of terminal acetylenes is 1. The molecule has 0 N–H and O–H groups in total. The van der Waals surface area contributed by atoms with E-state index in [0.29, 0.717) is 5.92 Å². The van der Waals surface area contributed by atoms with E-state index in [1.54, 1.807) is 7.11 Å². The summed E-state index contributed by atoms with van der Waals surface area (Å²) >= 11 is 0. The normalized spacial score (nSPS) is 27.6. The van der Waals surface area contributed by atoms with Crippen molar-refractivity contribution in [3.8, 4) is 12.3 Å². The Balaban J connectivity index is 2.23. The molecule has 0 aliphatic heterocycles. The average Bonchev–Trinajstić information content (AvgIpc) is 2.26. The van der Waals surface area contributed by atoms with Gasteiger partial charge in [-0.05, 0) is 32.7 Å². The van der Waals surface area contributed by atoms with Gasteiger partial charge in [-0.25, -0.2) is 0 Å². The Kier molecular flexibility index (Phi) is 5.00. The van der Waals surface area contributed by atoms with Crippen LogP contribution in [-0.4, -0.2) is 38.3 Å². The van der Waals surface area contributed by atoms with Crippen LogP contribution in [0.3, 0.4) is 0 Å². The second kappa shape index (κ2) is 6.06. The zero-order valence-electron chi connectivity index (χ0n) is 9.33. The zero-order valence-corrected chi connectivity index (χ0v) is 9.33. The highest BCUT2D eigenvalue weighted by molar-refractivity contribution is 4.96. The number of ether oxygens (including phenoxy) is 1. The third-order valence-electron chi connectivity index (χ3n) is 3.20. The smallest absolute Gasteiger partial charge is 0.0589 e. The summed E-state index contributed by atoms with van der Waals surface area (Å²) in [5, 5.41) is 0. The molecule has 0 radical (unpaired) electrons. The Morgan fingerprint density at radius 1 is 1.36 bits per heavy atom. The highest BCUT2D eigenvalue weighted by Crippen LogP contribution is 2.26. The fraction of sp³-hybridized carbons (Fsp3) is 0.833. The van der Waals surface area contributed by atoms with Gasteiger partial charge in [0.15, 0.2) is 0 Å². The first-order valence-corrected chi connectivity index (χ1v) is 5.43. The molecule has 0 bridgehead atoms. The molecule has 0 aromatic heterocycles. The van der Waals surface area contributed by atoms with Gasteiger partial charge in [0.1, 0.15) is 0 Å². The summed E-state index contributed by atoms with van der Waals surface area (Å²) in [4.78, 5) is 2.40. The summed E-state index contributed by atoms with van der Waals surface area (Å²) in [5.74, 6) is 3.39. The van der Waals surface area contributed by atoms with E-state index in [4.69, 9.17) is 11.2 Å². The molecule has 1 saturated carbocycles. The SMILES string of the molecule is C#CC1CCC(N(C)CCOC)CC1. The average molecular weight is 195 g/mol. The largest absolute Gasteiger partial charge is 0.383 e. The van der Waals surface area contributed by atoms with Gasteiger partial charge in [0, 0.05) is 25.6 Å². The fourth-order valence-corrected chi connectivity index (χ4v) is 2.10. The fourth-order valence-electron chi connectivity index (χ4n) is 2.10. The first-order valence-electron chi connectivity index (χ1n) is 5.43. The van der Waals surface area contributed by atoms with Crippen molar-refractivity contribution in [2.24, 2.45) is 5.92 Å². The van der Waals surface area contributed by atoms with E-state index >= 15 is 0 Å². The lowest BCUT2D eigenvalue weighted by Crippen LogP contribution is -2.36. The van der Waals surface area contributed by atoms with Crippen LogP contribution in [0, 0.1) is 18.3 Å². The Bertz CT molecular complexity index is 189. The molecule has 0 heterocycles. The van der Waals surface area contributed by atoms with Crippen molar-refractivity contribution in [2.45, 2.75) is 31.7 Å². The summed E-state index contributed by atoms with van der Waals surface area (Å²) in [6.07, 6.45) is 10.3. The Morgan fingerprint density at radius 2 is 2.00 bits per heavy atom. The molecule has 0 saturated heterocycles. The number of rotatable bonds is 4. The number of likely N-dealkylation sites (N-methyl/N-ethyl adjacent to an activating group) is 1. The number of nitrogens with zero attached hydrogens (tertiary/aromatic N) is 1. The van der Waals surface area contributed by atoms with Crippen molar-refractivity contribution < 1.29 is 4.74 Å².